The molecule has 1 unspecified atom stereocenters. The summed E-state index contributed by atoms with van der Waals surface area (Å²) in [5.74, 6) is -2.15. The lowest BCUT2D eigenvalue weighted by molar-refractivity contribution is -0.132. The van der Waals surface area contributed by atoms with Crippen LogP contribution in [0, 0.1) is 0 Å². The lowest BCUT2D eigenvalue weighted by Crippen LogP contribution is -2.29. The van der Waals surface area contributed by atoms with Gasteiger partial charge in [-0.3, -0.25) is 19.5 Å². The maximum Gasteiger partial charge on any atom is 0.338 e. The SMILES string of the molecule is CCCOC(=O)c1ccc(N2C(=O)C(=O)/C(=C(\O)c3ccc(OC)c(Cl)c3)C2c2cccnc2)cc1. The fourth-order valence-corrected chi connectivity index (χ4v) is 4.22. The van der Waals surface area contributed by atoms with Gasteiger partial charge in [0.1, 0.15) is 11.5 Å². The zero-order chi connectivity index (χ0) is 25.8. The highest BCUT2D eigenvalue weighted by molar-refractivity contribution is 6.51. The molecule has 1 fully saturated rings. The number of aliphatic hydroxyl groups is 1. The summed E-state index contributed by atoms with van der Waals surface area (Å²) < 4.78 is 10.3. The third-order valence-electron chi connectivity index (χ3n) is 5.69. The van der Waals surface area contributed by atoms with E-state index in [0.717, 1.165) is 0 Å². The van der Waals surface area contributed by atoms with E-state index < -0.39 is 23.7 Å². The molecule has 1 aliphatic rings. The predicted molar refractivity (Wildman–Crippen MR) is 134 cm³/mol. The summed E-state index contributed by atoms with van der Waals surface area (Å²) in [6.45, 7) is 2.19. The number of halogens is 1. The zero-order valence-electron chi connectivity index (χ0n) is 19.6. The number of pyridine rings is 1. The standard InChI is InChI=1S/C27H23ClN2O6/c1-3-13-36-27(34)16-6-9-19(10-7-16)30-23(18-5-4-12-29-15-18)22(25(32)26(30)33)24(31)17-8-11-21(35-2)20(28)14-17/h4-12,14-15,23,31H,3,13H2,1-2H3/b24-22-. The molecule has 0 spiro atoms. The molecule has 1 amide bonds. The number of nitrogens with zero attached hydrogens (tertiary/aromatic N) is 2. The van der Waals surface area contributed by atoms with Crippen molar-refractivity contribution in [2.24, 2.45) is 0 Å². The fraction of sp³-hybridized carbons (Fsp3) is 0.185. The Balaban J connectivity index is 1.81. The summed E-state index contributed by atoms with van der Waals surface area (Å²) >= 11 is 6.23. The van der Waals surface area contributed by atoms with Gasteiger partial charge in [-0.1, -0.05) is 24.6 Å². The van der Waals surface area contributed by atoms with Gasteiger partial charge in [-0.25, -0.2) is 4.79 Å². The van der Waals surface area contributed by atoms with Gasteiger partial charge in [-0.05, 0) is 60.5 Å². The normalized spacial score (nSPS) is 16.8. The number of methoxy groups -OCH3 is 1. The Morgan fingerprint density at radius 3 is 2.44 bits per heavy atom. The number of hydrogen-bond donors (Lipinski definition) is 1. The van der Waals surface area contributed by atoms with Crippen LogP contribution < -0.4 is 9.64 Å². The van der Waals surface area contributed by atoms with Crippen LogP contribution in [0.3, 0.4) is 0 Å². The molecule has 0 saturated carbocycles. The van der Waals surface area contributed by atoms with Crippen LogP contribution in [0.15, 0.2) is 72.6 Å². The predicted octanol–water partition coefficient (Wildman–Crippen LogP) is 4.94. The minimum absolute atomic E-state index is 0.110. The van der Waals surface area contributed by atoms with Crippen molar-refractivity contribution in [1.82, 2.24) is 4.98 Å². The van der Waals surface area contributed by atoms with Crippen LogP contribution in [0.25, 0.3) is 5.76 Å². The van der Waals surface area contributed by atoms with Crippen molar-refractivity contribution in [2.45, 2.75) is 19.4 Å². The van der Waals surface area contributed by atoms with Gasteiger partial charge in [0.15, 0.2) is 0 Å². The summed E-state index contributed by atoms with van der Waals surface area (Å²) in [5.41, 5.74) is 1.34. The highest BCUT2D eigenvalue weighted by Gasteiger charge is 2.47. The summed E-state index contributed by atoms with van der Waals surface area (Å²) in [5, 5.41) is 11.4. The molecule has 1 saturated heterocycles. The van der Waals surface area contributed by atoms with Crippen LogP contribution in [0.2, 0.25) is 5.02 Å². The topological polar surface area (TPSA) is 106 Å². The second-order valence-electron chi connectivity index (χ2n) is 7.99. The number of amides is 1. The monoisotopic (exact) mass is 506 g/mol. The Hall–Kier alpha value is -4.17. The van der Waals surface area contributed by atoms with Crippen LogP contribution >= 0.6 is 11.6 Å². The number of rotatable bonds is 7. The number of benzene rings is 2. The summed E-state index contributed by atoms with van der Waals surface area (Å²) in [7, 11) is 1.46. The number of esters is 1. The number of ketones is 1. The molecule has 184 valence electrons. The first-order valence-corrected chi connectivity index (χ1v) is 11.6. The van der Waals surface area contributed by atoms with Crippen LogP contribution in [-0.2, 0) is 14.3 Å². The number of carbonyl (C=O) groups is 3. The number of hydrogen-bond acceptors (Lipinski definition) is 7. The van der Waals surface area contributed by atoms with Crippen LogP contribution in [-0.4, -0.2) is 41.5 Å². The number of aliphatic hydroxyl groups excluding tert-OH is 1. The van der Waals surface area contributed by atoms with Gasteiger partial charge in [0.05, 0.1) is 35.9 Å². The Kier molecular flexibility index (Phi) is 7.36. The Morgan fingerprint density at radius 2 is 1.83 bits per heavy atom. The Morgan fingerprint density at radius 1 is 1.11 bits per heavy atom. The van der Waals surface area contributed by atoms with E-state index in [1.54, 1.807) is 42.6 Å². The number of anilines is 1. The first-order valence-electron chi connectivity index (χ1n) is 11.2. The number of Topliss-reactive ketones (excluding diaryl/α,β-unsaturated/α-hetero) is 1. The van der Waals surface area contributed by atoms with Crippen molar-refractivity contribution in [1.29, 1.82) is 0 Å². The van der Waals surface area contributed by atoms with E-state index in [1.165, 1.54) is 36.4 Å². The van der Waals surface area contributed by atoms with Gasteiger partial charge in [0.25, 0.3) is 11.7 Å². The molecular weight excluding hydrogens is 484 g/mol. The van der Waals surface area contributed by atoms with E-state index in [-0.39, 0.29) is 21.9 Å². The van der Waals surface area contributed by atoms with Crippen molar-refractivity contribution < 1.29 is 29.0 Å². The average molecular weight is 507 g/mol. The van der Waals surface area contributed by atoms with Gasteiger partial charge < -0.3 is 14.6 Å². The molecule has 0 bridgehead atoms. The fourth-order valence-electron chi connectivity index (χ4n) is 3.96. The molecule has 8 nitrogen and oxygen atoms in total. The molecule has 0 radical (unpaired) electrons. The molecular formula is C27H23ClN2O6. The van der Waals surface area contributed by atoms with Crippen LogP contribution in [0.5, 0.6) is 5.75 Å². The zero-order valence-corrected chi connectivity index (χ0v) is 20.4. The molecule has 9 heteroatoms. The van der Waals surface area contributed by atoms with Crippen LogP contribution in [0.1, 0.15) is 40.9 Å². The second-order valence-corrected chi connectivity index (χ2v) is 8.39. The third-order valence-corrected chi connectivity index (χ3v) is 5.98. The van der Waals surface area contributed by atoms with Gasteiger partial charge in [-0.2, -0.15) is 0 Å². The molecule has 2 aromatic carbocycles. The molecule has 1 atom stereocenters. The molecule has 3 aromatic rings. The number of ether oxygens (including phenoxy) is 2. The van der Waals surface area contributed by atoms with E-state index in [2.05, 4.69) is 4.98 Å². The smallest absolute Gasteiger partial charge is 0.338 e. The quantitative estimate of drug-likeness (QED) is 0.209. The molecule has 36 heavy (non-hydrogen) atoms. The van der Waals surface area contributed by atoms with Gasteiger partial charge in [0.2, 0.25) is 0 Å². The molecule has 4 rings (SSSR count). The van der Waals surface area contributed by atoms with Crippen molar-refractivity contribution in [3.05, 3.63) is 94.3 Å². The largest absolute Gasteiger partial charge is 0.507 e. The van der Waals surface area contributed by atoms with E-state index in [9.17, 15) is 19.5 Å². The van der Waals surface area contributed by atoms with E-state index in [4.69, 9.17) is 21.1 Å². The molecule has 1 aliphatic heterocycles. The van der Waals surface area contributed by atoms with Crippen molar-refractivity contribution in [3.8, 4) is 5.75 Å². The van der Waals surface area contributed by atoms with E-state index in [0.29, 0.717) is 35.6 Å². The highest BCUT2D eigenvalue weighted by atomic mass is 35.5. The van der Waals surface area contributed by atoms with E-state index >= 15 is 0 Å². The summed E-state index contributed by atoms with van der Waals surface area (Å²) in [6, 6.07) is 13.1. The minimum atomic E-state index is -0.961. The van der Waals surface area contributed by atoms with Crippen LogP contribution in [0.4, 0.5) is 5.69 Å². The minimum Gasteiger partial charge on any atom is -0.507 e. The van der Waals surface area contributed by atoms with Crippen molar-refractivity contribution in [2.75, 3.05) is 18.6 Å². The maximum absolute atomic E-state index is 13.2. The number of carbonyl (C=O) groups excluding carboxylic acids is 3. The van der Waals surface area contributed by atoms with Gasteiger partial charge in [-0.15, -0.1) is 0 Å². The Labute approximate surface area is 212 Å². The Bertz CT molecular complexity index is 1340. The van der Waals surface area contributed by atoms with Gasteiger partial charge in [0, 0.05) is 23.6 Å². The second kappa shape index (κ2) is 10.6. The first kappa shape index (κ1) is 24.9. The van der Waals surface area contributed by atoms with Crippen molar-refractivity contribution >= 4 is 40.7 Å². The lowest BCUT2D eigenvalue weighted by atomic mass is 9.96. The summed E-state index contributed by atoms with van der Waals surface area (Å²) in [6.07, 6.45) is 3.78. The summed E-state index contributed by atoms with van der Waals surface area (Å²) in [4.78, 5) is 44.0. The van der Waals surface area contributed by atoms with E-state index in [1.807, 2.05) is 6.92 Å². The number of aromatic nitrogens is 1. The molecule has 2 heterocycles. The average Bonchev–Trinajstić information content (AvgIpc) is 3.17. The molecule has 0 aliphatic carbocycles. The highest BCUT2D eigenvalue weighted by Crippen LogP contribution is 2.42. The third kappa shape index (κ3) is 4.67. The lowest BCUT2D eigenvalue weighted by Gasteiger charge is -2.25. The van der Waals surface area contributed by atoms with Crippen molar-refractivity contribution in [3.63, 3.8) is 0 Å². The maximum atomic E-state index is 13.2. The molecule has 1 N–H and O–H groups in total. The van der Waals surface area contributed by atoms with Gasteiger partial charge >= 0.3 is 5.97 Å². The first-order chi connectivity index (χ1) is 17.4. The molecule has 1 aromatic heterocycles.